The first-order valence-electron chi connectivity index (χ1n) is 5.82. The van der Waals surface area contributed by atoms with Gasteiger partial charge in [-0.3, -0.25) is 4.98 Å². The van der Waals surface area contributed by atoms with Crippen LogP contribution in [0.2, 0.25) is 0 Å². The average Bonchev–Trinajstić information content (AvgIpc) is 2.81. The molecule has 3 aromatic rings. The van der Waals surface area contributed by atoms with Crippen LogP contribution in [0, 0.1) is 0 Å². The Labute approximate surface area is 104 Å². The molecule has 3 heterocycles. The lowest BCUT2D eigenvalue weighted by Gasteiger charge is -1.99. The molecule has 0 saturated heterocycles. The Morgan fingerprint density at radius 3 is 2.94 bits per heavy atom. The number of nitrogens with zero attached hydrogens (tertiary/aromatic N) is 4. The Kier molecular flexibility index (Phi) is 2.74. The van der Waals surface area contributed by atoms with Crippen molar-refractivity contribution in [1.82, 2.24) is 19.6 Å². The first-order valence-corrected chi connectivity index (χ1v) is 5.82. The number of pyridine rings is 1. The van der Waals surface area contributed by atoms with Crippen molar-refractivity contribution in [2.24, 2.45) is 5.73 Å². The second-order valence-electron chi connectivity index (χ2n) is 4.03. The third kappa shape index (κ3) is 1.96. The second kappa shape index (κ2) is 4.54. The van der Waals surface area contributed by atoms with Crippen LogP contribution in [0.5, 0.6) is 0 Å². The predicted molar refractivity (Wildman–Crippen MR) is 69.0 cm³/mol. The molecule has 0 aliphatic rings. The maximum atomic E-state index is 5.53. The molecule has 2 N–H and O–H groups in total. The largest absolute Gasteiger partial charge is 0.330 e. The number of hydrogen-bond donors (Lipinski definition) is 1. The van der Waals surface area contributed by atoms with Gasteiger partial charge in [0, 0.05) is 24.4 Å². The maximum absolute atomic E-state index is 5.53. The van der Waals surface area contributed by atoms with Gasteiger partial charge in [-0.25, -0.2) is 9.50 Å². The van der Waals surface area contributed by atoms with Gasteiger partial charge in [-0.2, -0.15) is 5.10 Å². The molecule has 0 unspecified atom stereocenters. The van der Waals surface area contributed by atoms with Crippen molar-refractivity contribution in [3.63, 3.8) is 0 Å². The lowest BCUT2D eigenvalue weighted by atomic mass is 10.2. The zero-order chi connectivity index (χ0) is 12.4. The van der Waals surface area contributed by atoms with E-state index in [9.17, 15) is 0 Å². The Morgan fingerprint density at radius 1 is 1.22 bits per heavy atom. The van der Waals surface area contributed by atoms with Crippen LogP contribution in [0.3, 0.4) is 0 Å². The van der Waals surface area contributed by atoms with Crippen molar-refractivity contribution < 1.29 is 0 Å². The molecule has 0 saturated carbocycles. The smallest absolute Gasteiger partial charge is 0.153 e. The van der Waals surface area contributed by atoms with Crippen LogP contribution in [-0.2, 0) is 6.42 Å². The van der Waals surface area contributed by atoms with E-state index in [1.807, 2.05) is 30.5 Å². The molecular formula is C13H13N5. The van der Waals surface area contributed by atoms with Gasteiger partial charge in [0.15, 0.2) is 5.65 Å². The summed E-state index contributed by atoms with van der Waals surface area (Å²) < 4.78 is 1.79. The van der Waals surface area contributed by atoms with Crippen LogP contribution in [0.4, 0.5) is 0 Å². The molecule has 5 nitrogen and oxygen atoms in total. The van der Waals surface area contributed by atoms with Crippen molar-refractivity contribution in [2.75, 3.05) is 6.54 Å². The topological polar surface area (TPSA) is 69.1 Å². The Bertz CT molecular complexity index is 659. The third-order valence-electron chi connectivity index (χ3n) is 2.73. The summed E-state index contributed by atoms with van der Waals surface area (Å²) in [4.78, 5) is 8.54. The van der Waals surface area contributed by atoms with E-state index < -0.39 is 0 Å². The monoisotopic (exact) mass is 239 g/mol. The van der Waals surface area contributed by atoms with E-state index in [4.69, 9.17) is 5.73 Å². The van der Waals surface area contributed by atoms with E-state index in [-0.39, 0.29) is 0 Å². The van der Waals surface area contributed by atoms with Crippen molar-refractivity contribution in [2.45, 2.75) is 6.42 Å². The zero-order valence-electron chi connectivity index (χ0n) is 9.82. The summed E-state index contributed by atoms with van der Waals surface area (Å²) in [6.45, 7) is 0.597. The van der Waals surface area contributed by atoms with E-state index in [2.05, 4.69) is 15.1 Å². The molecule has 0 bridgehead atoms. The Morgan fingerprint density at radius 2 is 2.17 bits per heavy atom. The van der Waals surface area contributed by atoms with E-state index >= 15 is 0 Å². The molecule has 18 heavy (non-hydrogen) atoms. The molecule has 0 aliphatic carbocycles. The third-order valence-corrected chi connectivity index (χ3v) is 2.73. The van der Waals surface area contributed by atoms with Crippen LogP contribution >= 0.6 is 0 Å². The minimum Gasteiger partial charge on any atom is -0.330 e. The summed E-state index contributed by atoms with van der Waals surface area (Å²) in [6, 6.07) is 7.79. The summed E-state index contributed by atoms with van der Waals surface area (Å²) in [6.07, 6.45) is 6.23. The summed E-state index contributed by atoms with van der Waals surface area (Å²) in [5.74, 6) is 0. The van der Waals surface area contributed by atoms with Gasteiger partial charge in [0.1, 0.15) is 0 Å². The second-order valence-corrected chi connectivity index (χ2v) is 4.03. The first kappa shape index (κ1) is 10.9. The molecule has 3 aromatic heterocycles. The van der Waals surface area contributed by atoms with Gasteiger partial charge in [0.05, 0.1) is 17.6 Å². The Hall–Kier alpha value is -2.27. The van der Waals surface area contributed by atoms with Gasteiger partial charge in [0.2, 0.25) is 0 Å². The highest BCUT2D eigenvalue weighted by Gasteiger charge is 2.04. The van der Waals surface area contributed by atoms with E-state index in [0.29, 0.717) is 6.54 Å². The van der Waals surface area contributed by atoms with Crippen LogP contribution < -0.4 is 5.73 Å². The number of nitrogens with two attached hydrogens (primary N) is 1. The number of imidazole rings is 1. The number of aromatic nitrogens is 4. The van der Waals surface area contributed by atoms with Crippen LogP contribution in [-0.4, -0.2) is 26.1 Å². The molecule has 0 radical (unpaired) electrons. The molecule has 0 atom stereocenters. The van der Waals surface area contributed by atoms with Crippen LogP contribution in [0.1, 0.15) is 5.69 Å². The van der Waals surface area contributed by atoms with E-state index in [0.717, 1.165) is 29.0 Å². The molecule has 0 aromatic carbocycles. The number of rotatable bonds is 3. The molecular weight excluding hydrogens is 226 g/mol. The van der Waals surface area contributed by atoms with Gasteiger partial charge in [-0.15, -0.1) is 0 Å². The quantitative estimate of drug-likeness (QED) is 0.747. The SMILES string of the molecule is NCCc1cn2nc(-c3cccnc3)ccc2n1. The standard InChI is InChI=1S/C13H13N5/c14-6-5-11-9-18-13(16-11)4-3-12(17-18)10-2-1-7-15-8-10/h1-4,7-9H,5-6,14H2. The normalized spacial score (nSPS) is 10.9. The van der Waals surface area contributed by atoms with Crippen molar-refractivity contribution in [3.05, 3.63) is 48.5 Å². The molecule has 0 fully saturated rings. The molecule has 3 rings (SSSR count). The number of hydrogen-bond acceptors (Lipinski definition) is 4. The van der Waals surface area contributed by atoms with Gasteiger partial charge >= 0.3 is 0 Å². The minimum atomic E-state index is 0.597. The molecule has 0 aliphatic heterocycles. The van der Waals surface area contributed by atoms with E-state index in [1.165, 1.54) is 0 Å². The van der Waals surface area contributed by atoms with E-state index in [1.54, 1.807) is 16.9 Å². The fourth-order valence-corrected chi connectivity index (χ4v) is 1.87. The lowest BCUT2D eigenvalue weighted by Crippen LogP contribution is -2.02. The Balaban J connectivity index is 2.05. The van der Waals surface area contributed by atoms with Crippen LogP contribution in [0.15, 0.2) is 42.9 Å². The van der Waals surface area contributed by atoms with Crippen molar-refractivity contribution in [3.8, 4) is 11.3 Å². The highest BCUT2D eigenvalue weighted by atomic mass is 15.2. The lowest BCUT2D eigenvalue weighted by molar-refractivity contribution is 0.917. The number of fused-ring (bicyclic) bond motifs is 1. The summed E-state index contributed by atoms with van der Waals surface area (Å²) >= 11 is 0. The van der Waals surface area contributed by atoms with Crippen molar-refractivity contribution >= 4 is 5.65 Å². The first-order chi connectivity index (χ1) is 8.86. The van der Waals surface area contributed by atoms with Gasteiger partial charge < -0.3 is 5.73 Å². The predicted octanol–water partition coefficient (Wildman–Crippen LogP) is 1.29. The summed E-state index contributed by atoms with van der Waals surface area (Å²) in [5, 5.41) is 4.52. The minimum absolute atomic E-state index is 0.597. The summed E-state index contributed by atoms with van der Waals surface area (Å²) in [5.41, 5.74) is 9.21. The van der Waals surface area contributed by atoms with Crippen molar-refractivity contribution in [1.29, 1.82) is 0 Å². The van der Waals surface area contributed by atoms with Crippen LogP contribution in [0.25, 0.3) is 16.9 Å². The maximum Gasteiger partial charge on any atom is 0.153 e. The van der Waals surface area contributed by atoms with Gasteiger partial charge in [0.25, 0.3) is 0 Å². The summed E-state index contributed by atoms with van der Waals surface area (Å²) in [7, 11) is 0. The van der Waals surface area contributed by atoms with Gasteiger partial charge in [-0.05, 0) is 30.8 Å². The highest BCUT2D eigenvalue weighted by molar-refractivity contribution is 5.58. The average molecular weight is 239 g/mol. The molecule has 5 heteroatoms. The fraction of sp³-hybridized carbons (Fsp3) is 0.154. The highest BCUT2D eigenvalue weighted by Crippen LogP contribution is 2.15. The molecule has 90 valence electrons. The molecule has 0 spiro atoms. The fourth-order valence-electron chi connectivity index (χ4n) is 1.87. The zero-order valence-corrected chi connectivity index (χ0v) is 9.82. The van der Waals surface area contributed by atoms with Gasteiger partial charge in [-0.1, -0.05) is 0 Å². The molecule has 0 amide bonds.